The van der Waals surface area contributed by atoms with Crippen molar-refractivity contribution in [2.24, 2.45) is 5.92 Å². The molecule has 0 N–H and O–H groups in total. The summed E-state index contributed by atoms with van der Waals surface area (Å²) in [5.41, 5.74) is 0.803. The van der Waals surface area contributed by atoms with Gasteiger partial charge in [-0.15, -0.1) is 10.2 Å². The van der Waals surface area contributed by atoms with E-state index in [0.29, 0.717) is 49.7 Å². The van der Waals surface area contributed by atoms with Crippen molar-refractivity contribution >= 4 is 17.5 Å². The highest BCUT2D eigenvalue weighted by atomic mass is 35.5. The number of morpholine rings is 1. The van der Waals surface area contributed by atoms with Crippen molar-refractivity contribution in [1.82, 2.24) is 20.0 Å². The molecule has 150 valence electrons. The molecule has 1 aromatic heterocycles. The molecule has 2 saturated heterocycles. The molecular weight excluding hydrogens is 380 g/mol. The second-order valence-corrected chi connectivity index (χ2v) is 7.84. The van der Waals surface area contributed by atoms with Gasteiger partial charge in [0, 0.05) is 30.2 Å². The number of rotatable bonds is 4. The Morgan fingerprint density at radius 3 is 2.86 bits per heavy atom. The Morgan fingerprint density at radius 2 is 2.07 bits per heavy atom. The summed E-state index contributed by atoms with van der Waals surface area (Å²) in [6.45, 7) is 6.33. The van der Waals surface area contributed by atoms with Crippen molar-refractivity contribution in [3.8, 4) is 11.5 Å². The van der Waals surface area contributed by atoms with Crippen LogP contribution in [0.1, 0.15) is 31.7 Å². The molecule has 2 aromatic rings. The highest BCUT2D eigenvalue weighted by Gasteiger charge is 2.33. The topological polar surface area (TPSA) is 71.7 Å². The Balaban J connectivity index is 1.43. The van der Waals surface area contributed by atoms with E-state index in [-0.39, 0.29) is 17.9 Å². The second kappa shape index (κ2) is 8.59. The lowest BCUT2D eigenvalue weighted by Gasteiger charge is -2.37. The van der Waals surface area contributed by atoms with E-state index >= 15 is 0 Å². The van der Waals surface area contributed by atoms with Crippen LogP contribution in [0, 0.1) is 5.92 Å². The van der Waals surface area contributed by atoms with Gasteiger partial charge in [0.15, 0.2) is 0 Å². The zero-order valence-corrected chi connectivity index (χ0v) is 16.8. The number of amides is 1. The minimum absolute atomic E-state index is 0.0182. The Hall–Kier alpha value is -1.96. The Morgan fingerprint density at radius 1 is 1.25 bits per heavy atom. The van der Waals surface area contributed by atoms with Gasteiger partial charge in [-0.05, 0) is 44.5 Å². The minimum atomic E-state index is -0.0410. The van der Waals surface area contributed by atoms with Gasteiger partial charge in [-0.25, -0.2) is 0 Å². The molecule has 2 aliphatic rings. The van der Waals surface area contributed by atoms with Crippen molar-refractivity contribution in [3.05, 3.63) is 35.2 Å². The normalized spacial score (nSPS) is 22.2. The van der Waals surface area contributed by atoms with Gasteiger partial charge in [0.1, 0.15) is 0 Å². The zero-order valence-electron chi connectivity index (χ0n) is 16.0. The number of carbonyl (C=O) groups is 1. The number of ether oxygens (including phenoxy) is 1. The van der Waals surface area contributed by atoms with Gasteiger partial charge >= 0.3 is 0 Å². The first kappa shape index (κ1) is 19.4. The molecule has 28 heavy (non-hydrogen) atoms. The molecule has 0 radical (unpaired) electrons. The van der Waals surface area contributed by atoms with Crippen LogP contribution >= 0.6 is 11.6 Å². The molecule has 2 aliphatic heterocycles. The number of hydrogen-bond acceptors (Lipinski definition) is 6. The summed E-state index contributed by atoms with van der Waals surface area (Å²) in [5.74, 6) is 1.28. The van der Waals surface area contributed by atoms with E-state index in [0.717, 1.165) is 24.9 Å². The van der Waals surface area contributed by atoms with Crippen LogP contribution in [0.2, 0.25) is 5.02 Å². The molecule has 0 bridgehead atoms. The quantitative estimate of drug-likeness (QED) is 0.780. The molecule has 3 heterocycles. The van der Waals surface area contributed by atoms with Crippen LogP contribution < -0.4 is 0 Å². The highest BCUT2D eigenvalue weighted by Crippen LogP contribution is 2.29. The standard InChI is InChI=1S/C20H25ClN4O3/c1-14(18-22-23-19(28-18)15-4-2-6-17(21)12-15)25-7-3-5-16(13-25)20(26)24-8-10-27-11-9-24/h2,4,6,12,14,16H,3,5,7-11,13H2,1H3. The Labute approximate surface area is 169 Å². The number of likely N-dealkylation sites (tertiary alicyclic amines) is 1. The number of benzene rings is 1. The maximum absolute atomic E-state index is 12.9. The molecule has 4 rings (SSSR count). The molecule has 2 unspecified atom stereocenters. The van der Waals surface area contributed by atoms with Gasteiger partial charge in [0.25, 0.3) is 0 Å². The molecule has 8 heteroatoms. The van der Waals surface area contributed by atoms with Crippen molar-refractivity contribution < 1.29 is 13.9 Å². The smallest absolute Gasteiger partial charge is 0.247 e. The molecule has 1 amide bonds. The first-order chi connectivity index (χ1) is 13.6. The molecule has 0 aliphatic carbocycles. The fraction of sp³-hybridized carbons (Fsp3) is 0.550. The van der Waals surface area contributed by atoms with E-state index in [4.69, 9.17) is 20.8 Å². The third-order valence-corrected chi connectivity index (χ3v) is 5.78. The molecular formula is C20H25ClN4O3. The number of aromatic nitrogens is 2. The fourth-order valence-corrected chi connectivity index (χ4v) is 4.09. The summed E-state index contributed by atoms with van der Waals surface area (Å²) < 4.78 is 11.3. The van der Waals surface area contributed by atoms with E-state index < -0.39 is 0 Å². The zero-order chi connectivity index (χ0) is 19.5. The van der Waals surface area contributed by atoms with Crippen LogP contribution in [0.15, 0.2) is 28.7 Å². The molecule has 1 aromatic carbocycles. The lowest BCUT2D eigenvalue weighted by molar-refractivity contribution is -0.141. The number of nitrogens with zero attached hydrogens (tertiary/aromatic N) is 4. The van der Waals surface area contributed by atoms with E-state index in [1.807, 2.05) is 23.1 Å². The minimum Gasteiger partial charge on any atom is -0.419 e. The largest absolute Gasteiger partial charge is 0.419 e. The molecule has 7 nitrogen and oxygen atoms in total. The van der Waals surface area contributed by atoms with Crippen molar-refractivity contribution in [2.75, 3.05) is 39.4 Å². The van der Waals surface area contributed by atoms with Crippen LogP contribution in [0.4, 0.5) is 0 Å². The lowest BCUT2D eigenvalue weighted by atomic mass is 9.95. The summed E-state index contributed by atoms with van der Waals surface area (Å²) in [6.07, 6.45) is 1.91. The van der Waals surface area contributed by atoms with Crippen molar-refractivity contribution in [1.29, 1.82) is 0 Å². The van der Waals surface area contributed by atoms with Gasteiger partial charge in [0.2, 0.25) is 17.7 Å². The summed E-state index contributed by atoms with van der Waals surface area (Å²) in [7, 11) is 0. The van der Waals surface area contributed by atoms with Crippen LogP contribution in [0.5, 0.6) is 0 Å². The van der Waals surface area contributed by atoms with Gasteiger partial charge in [-0.3, -0.25) is 9.69 Å². The average Bonchev–Trinajstić information content (AvgIpc) is 3.24. The van der Waals surface area contributed by atoms with Gasteiger partial charge in [-0.2, -0.15) is 0 Å². The first-order valence-electron chi connectivity index (χ1n) is 9.82. The van der Waals surface area contributed by atoms with Gasteiger partial charge < -0.3 is 14.1 Å². The SMILES string of the molecule is CC(c1nnc(-c2cccc(Cl)c2)o1)N1CCCC(C(=O)N2CCOCC2)C1. The molecule has 0 saturated carbocycles. The van der Waals surface area contributed by atoms with Crippen LogP contribution in [0.25, 0.3) is 11.5 Å². The van der Waals surface area contributed by atoms with Crippen LogP contribution in [0.3, 0.4) is 0 Å². The Kier molecular flexibility index (Phi) is 5.94. The van der Waals surface area contributed by atoms with Crippen molar-refractivity contribution in [2.45, 2.75) is 25.8 Å². The first-order valence-corrected chi connectivity index (χ1v) is 10.2. The number of piperidine rings is 1. The van der Waals surface area contributed by atoms with Crippen molar-refractivity contribution in [3.63, 3.8) is 0 Å². The number of carbonyl (C=O) groups excluding carboxylic acids is 1. The van der Waals surface area contributed by atoms with E-state index in [1.54, 1.807) is 6.07 Å². The third-order valence-electron chi connectivity index (χ3n) is 5.54. The predicted molar refractivity (Wildman–Crippen MR) is 105 cm³/mol. The molecule has 2 atom stereocenters. The summed E-state index contributed by atoms with van der Waals surface area (Å²) >= 11 is 6.05. The average molecular weight is 405 g/mol. The van der Waals surface area contributed by atoms with E-state index in [9.17, 15) is 4.79 Å². The van der Waals surface area contributed by atoms with E-state index in [1.165, 1.54) is 0 Å². The second-order valence-electron chi connectivity index (χ2n) is 7.40. The Bertz CT molecular complexity index is 821. The molecule has 2 fully saturated rings. The molecule has 0 spiro atoms. The maximum Gasteiger partial charge on any atom is 0.247 e. The lowest BCUT2D eigenvalue weighted by Crippen LogP contribution is -2.48. The van der Waals surface area contributed by atoms with Crippen LogP contribution in [-0.4, -0.2) is 65.3 Å². The third kappa shape index (κ3) is 4.21. The summed E-state index contributed by atoms with van der Waals surface area (Å²) in [4.78, 5) is 17.1. The number of halogens is 1. The monoisotopic (exact) mass is 404 g/mol. The van der Waals surface area contributed by atoms with Gasteiger partial charge in [-0.1, -0.05) is 17.7 Å². The fourth-order valence-electron chi connectivity index (χ4n) is 3.90. The highest BCUT2D eigenvalue weighted by molar-refractivity contribution is 6.30. The predicted octanol–water partition coefficient (Wildman–Crippen LogP) is 3.02. The number of hydrogen-bond donors (Lipinski definition) is 0. The van der Waals surface area contributed by atoms with E-state index in [2.05, 4.69) is 22.0 Å². The van der Waals surface area contributed by atoms with Gasteiger partial charge in [0.05, 0.1) is 25.2 Å². The maximum atomic E-state index is 12.9. The summed E-state index contributed by atoms with van der Waals surface area (Å²) in [5, 5.41) is 9.05. The van der Waals surface area contributed by atoms with Crippen LogP contribution in [-0.2, 0) is 9.53 Å². The summed E-state index contributed by atoms with van der Waals surface area (Å²) in [6, 6.07) is 7.33.